The lowest BCUT2D eigenvalue weighted by atomic mass is 10.2. The first-order chi connectivity index (χ1) is 10.8. The predicted molar refractivity (Wildman–Crippen MR) is 82.6 cm³/mol. The van der Waals surface area contributed by atoms with Gasteiger partial charge in [-0.1, -0.05) is 24.3 Å². The Morgan fingerprint density at radius 3 is 2.73 bits per heavy atom. The van der Waals surface area contributed by atoms with E-state index in [1.54, 1.807) is 19.2 Å². The van der Waals surface area contributed by atoms with Crippen molar-refractivity contribution in [1.82, 2.24) is 0 Å². The van der Waals surface area contributed by atoms with Crippen LogP contribution in [0.3, 0.4) is 0 Å². The first-order valence-corrected chi connectivity index (χ1v) is 7.07. The molecule has 22 heavy (non-hydrogen) atoms. The highest BCUT2D eigenvalue weighted by Gasteiger charge is 2.23. The van der Waals surface area contributed by atoms with Gasteiger partial charge in [-0.2, -0.15) is 0 Å². The average Bonchev–Trinajstić information content (AvgIpc) is 2.55. The van der Waals surface area contributed by atoms with Gasteiger partial charge in [0, 0.05) is 0 Å². The molecule has 0 unspecified atom stereocenters. The second kappa shape index (κ2) is 6.39. The van der Waals surface area contributed by atoms with E-state index in [1.165, 1.54) is 0 Å². The molecule has 0 spiro atoms. The molecule has 3 rings (SSSR count). The van der Waals surface area contributed by atoms with Gasteiger partial charge in [0.25, 0.3) is 0 Å². The van der Waals surface area contributed by atoms with Crippen LogP contribution in [0.15, 0.2) is 48.5 Å². The molecule has 1 N–H and O–H groups in total. The van der Waals surface area contributed by atoms with Crippen LogP contribution in [0.2, 0.25) is 0 Å². The zero-order valence-electron chi connectivity index (χ0n) is 12.2. The number of fused-ring (bicyclic) bond motifs is 1. The summed E-state index contributed by atoms with van der Waals surface area (Å²) in [6.45, 7) is 0.357. The summed E-state index contributed by atoms with van der Waals surface area (Å²) in [6.07, 6.45) is -0.0866. The smallest absolute Gasteiger partial charge is 0.228 e. The monoisotopic (exact) mass is 299 g/mol. The molecule has 1 heterocycles. The fourth-order valence-electron chi connectivity index (χ4n) is 2.32. The number of carbonyl (C=O) groups is 1. The van der Waals surface area contributed by atoms with Gasteiger partial charge in [0.1, 0.15) is 18.5 Å². The molecule has 1 atom stereocenters. The first kappa shape index (κ1) is 14.3. The number of benzene rings is 2. The fraction of sp³-hybridized carbons (Fsp3) is 0.235. The largest absolute Gasteiger partial charge is 0.495 e. The number of amides is 1. The molecule has 0 radical (unpaired) electrons. The molecule has 0 bridgehead atoms. The van der Waals surface area contributed by atoms with Crippen molar-refractivity contribution in [3.63, 3.8) is 0 Å². The van der Waals surface area contributed by atoms with Crippen molar-refractivity contribution >= 4 is 11.6 Å². The summed E-state index contributed by atoms with van der Waals surface area (Å²) in [7, 11) is 1.57. The van der Waals surface area contributed by atoms with Gasteiger partial charge in [-0.3, -0.25) is 4.79 Å². The van der Waals surface area contributed by atoms with Gasteiger partial charge < -0.3 is 19.5 Å². The Morgan fingerprint density at radius 2 is 1.91 bits per heavy atom. The molecule has 1 aliphatic heterocycles. The van der Waals surface area contributed by atoms with Gasteiger partial charge in [-0.25, -0.2) is 0 Å². The van der Waals surface area contributed by atoms with E-state index in [0.29, 0.717) is 29.5 Å². The van der Waals surface area contributed by atoms with Gasteiger partial charge in [-0.15, -0.1) is 0 Å². The summed E-state index contributed by atoms with van der Waals surface area (Å²) in [4.78, 5) is 12.2. The maximum Gasteiger partial charge on any atom is 0.228 e. The van der Waals surface area contributed by atoms with E-state index in [1.807, 2.05) is 36.4 Å². The van der Waals surface area contributed by atoms with E-state index in [9.17, 15) is 4.79 Å². The zero-order valence-corrected chi connectivity index (χ0v) is 12.2. The molecule has 0 saturated carbocycles. The molecule has 0 saturated heterocycles. The third-order valence-corrected chi connectivity index (χ3v) is 3.36. The van der Waals surface area contributed by atoms with Gasteiger partial charge in [-0.05, 0) is 24.3 Å². The van der Waals surface area contributed by atoms with Crippen LogP contribution in [0.25, 0.3) is 0 Å². The molecule has 1 aliphatic rings. The van der Waals surface area contributed by atoms with Crippen LogP contribution in [0.1, 0.15) is 6.42 Å². The third kappa shape index (κ3) is 3.14. The normalized spacial score (nSPS) is 16.0. The molecule has 0 fully saturated rings. The fourth-order valence-corrected chi connectivity index (χ4v) is 2.32. The van der Waals surface area contributed by atoms with Crippen molar-refractivity contribution in [3.05, 3.63) is 48.5 Å². The maximum atomic E-state index is 12.2. The minimum Gasteiger partial charge on any atom is -0.495 e. The summed E-state index contributed by atoms with van der Waals surface area (Å²) < 4.78 is 16.6. The van der Waals surface area contributed by atoms with Crippen LogP contribution in [0, 0.1) is 0 Å². The molecule has 114 valence electrons. The SMILES string of the molecule is COc1ccccc1NC(=O)C[C@@H]1COc2ccccc2O1. The Labute approximate surface area is 128 Å². The summed E-state index contributed by atoms with van der Waals surface area (Å²) in [5.74, 6) is 1.87. The lowest BCUT2D eigenvalue weighted by Gasteiger charge is -2.26. The van der Waals surface area contributed by atoms with Crippen molar-refractivity contribution in [3.8, 4) is 17.2 Å². The Kier molecular flexibility index (Phi) is 4.14. The number of hydrogen-bond donors (Lipinski definition) is 1. The summed E-state index contributed by atoms with van der Waals surface area (Å²) in [6, 6.07) is 14.7. The lowest BCUT2D eigenvalue weighted by Crippen LogP contribution is -2.33. The van der Waals surface area contributed by atoms with Crippen LogP contribution in [-0.4, -0.2) is 25.7 Å². The minimum atomic E-state index is -0.301. The van der Waals surface area contributed by atoms with E-state index in [4.69, 9.17) is 14.2 Å². The molecule has 1 amide bonds. The summed E-state index contributed by atoms with van der Waals surface area (Å²) in [5.41, 5.74) is 0.645. The summed E-state index contributed by atoms with van der Waals surface area (Å²) in [5, 5.41) is 2.83. The van der Waals surface area contributed by atoms with Gasteiger partial charge >= 0.3 is 0 Å². The van der Waals surface area contributed by atoms with Crippen LogP contribution < -0.4 is 19.5 Å². The molecule has 5 nitrogen and oxygen atoms in total. The van der Waals surface area contributed by atoms with E-state index in [-0.39, 0.29) is 18.4 Å². The Morgan fingerprint density at radius 1 is 1.18 bits per heavy atom. The number of ether oxygens (including phenoxy) is 3. The number of para-hydroxylation sites is 4. The Bertz CT molecular complexity index is 671. The number of hydrogen-bond acceptors (Lipinski definition) is 4. The highest BCUT2D eigenvalue weighted by atomic mass is 16.6. The number of rotatable bonds is 4. The van der Waals surface area contributed by atoms with E-state index in [2.05, 4.69) is 5.32 Å². The Balaban J connectivity index is 1.61. The second-order valence-electron chi connectivity index (χ2n) is 4.95. The van der Waals surface area contributed by atoms with E-state index < -0.39 is 0 Å². The molecule has 5 heteroatoms. The highest BCUT2D eigenvalue weighted by molar-refractivity contribution is 5.92. The molecule has 2 aromatic carbocycles. The number of methoxy groups -OCH3 is 1. The quantitative estimate of drug-likeness (QED) is 0.943. The van der Waals surface area contributed by atoms with Crippen molar-refractivity contribution < 1.29 is 19.0 Å². The first-order valence-electron chi connectivity index (χ1n) is 7.07. The number of carbonyl (C=O) groups excluding carboxylic acids is 1. The topological polar surface area (TPSA) is 56.8 Å². The van der Waals surface area contributed by atoms with Crippen LogP contribution in [0.4, 0.5) is 5.69 Å². The van der Waals surface area contributed by atoms with Gasteiger partial charge in [0.05, 0.1) is 19.2 Å². The van der Waals surface area contributed by atoms with Crippen LogP contribution in [-0.2, 0) is 4.79 Å². The molecular weight excluding hydrogens is 282 g/mol. The summed E-state index contributed by atoms with van der Waals surface area (Å²) >= 11 is 0. The van der Waals surface area contributed by atoms with Crippen molar-refractivity contribution in [2.75, 3.05) is 19.0 Å². The average molecular weight is 299 g/mol. The molecular formula is C17H17NO4. The van der Waals surface area contributed by atoms with E-state index in [0.717, 1.165) is 0 Å². The minimum absolute atomic E-state index is 0.141. The highest BCUT2D eigenvalue weighted by Crippen LogP contribution is 2.31. The van der Waals surface area contributed by atoms with Crippen LogP contribution >= 0.6 is 0 Å². The number of nitrogens with one attached hydrogen (secondary N) is 1. The Hall–Kier alpha value is -2.69. The van der Waals surface area contributed by atoms with Gasteiger partial charge in [0.15, 0.2) is 11.5 Å². The standard InChI is InChI=1S/C17H17NO4/c1-20-14-7-3-2-6-13(14)18-17(19)10-12-11-21-15-8-4-5-9-16(15)22-12/h2-9,12H,10-11H2,1H3,(H,18,19)/t12-/m1/s1. The second-order valence-corrected chi connectivity index (χ2v) is 4.95. The zero-order chi connectivity index (χ0) is 15.4. The van der Waals surface area contributed by atoms with Crippen LogP contribution in [0.5, 0.6) is 17.2 Å². The number of anilines is 1. The molecule has 0 aromatic heterocycles. The predicted octanol–water partition coefficient (Wildman–Crippen LogP) is 2.86. The van der Waals surface area contributed by atoms with Crippen molar-refractivity contribution in [2.45, 2.75) is 12.5 Å². The third-order valence-electron chi connectivity index (χ3n) is 3.36. The molecule has 2 aromatic rings. The van der Waals surface area contributed by atoms with E-state index >= 15 is 0 Å². The van der Waals surface area contributed by atoms with Crippen molar-refractivity contribution in [1.29, 1.82) is 0 Å². The maximum absolute atomic E-state index is 12.2. The van der Waals surface area contributed by atoms with Gasteiger partial charge in [0.2, 0.25) is 5.91 Å². The van der Waals surface area contributed by atoms with Crippen molar-refractivity contribution in [2.24, 2.45) is 0 Å². The lowest BCUT2D eigenvalue weighted by molar-refractivity contribution is -0.118. The molecule has 0 aliphatic carbocycles.